The predicted molar refractivity (Wildman–Crippen MR) is 52.1 cm³/mol. The molecule has 2 aliphatic carbocycles. The molecule has 68 valence electrons. The topological polar surface area (TPSA) is 12.0 Å². The van der Waals surface area contributed by atoms with Gasteiger partial charge in [-0.05, 0) is 50.5 Å². The summed E-state index contributed by atoms with van der Waals surface area (Å²) in [4.78, 5) is 0. The van der Waals surface area contributed by atoms with Gasteiger partial charge in [0.1, 0.15) is 0 Å². The first-order chi connectivity index (χ1) is 5.92. The largest absolute Gasteiger partial charge is 0.313 e. The molecule has 0 radical (unpaired) electrons. The highest BCUT2D eigenvalue weighted by Crippen LogP contribution is 2.44. The maximum absolute atomic E-state index is 3.74. The van der Waals surface area contributed by atoms with Crippen LogP contribution in [0, 0.1) is 11.8 Å². The van der Waals surface area contributed by atoms with Crippen LogP contribution in [0.15, 0.2) is 12.7 Å². The van der Waals surface area contributed by atoms with Crippen LogP contribution >= 0.6 is 0 Å². The van der Waals surface area contributed by atoms with Crippen molar-refractivity contribution in [3.63, 3.8) is 0 Å². The Hall–Kier alpha value is -0.300. The average molecular weight is 165 g/mol. The molecule has 0 unspecified atom stereocenters. The van der Waals surface area contributed by atoms with E-state index in [1.54, 1.807) is 0 Å². The minimum absolute atomic E-state index is 0.866. The van der Waals surface area contributed by atoms with Gasteiger partial charge in [-0.25, -0.2) is 0 Å². The van der Waals surface area contributed by atoms with Gasteiger partial charge in [0, 0.05) is 6.04 Å². The molecule has 0 aromatic heterocycles. The van der Waals surface area contributed by atoms with Gasteiger partial charge in [-0.3, -0.25) is 0 Å². The molecule has 2 fully saturated rings. The van der Waals surface area contributed by atoms with Crippen LogP contribution in [0.25, 0.3) is 0 Å². The summed E-state index contributed by atoms with van der Waals surface area (Å²) in [6.45, 7) is 4.88. The quantitative estimate of drug-likeness (QED) is 0.470. The smallest absolute Gasteiger partial charge is 0.0124 e. The second-order valence-corrected chi connectivity index (χ2v) is 4.23. The Labute approximate surface area is 75.2 Å². The predicted octanol–water partition coefficient (Wildman–Crippen LogP) is 2.34. The maximum Gasteiger partial charge on any atom is 0.0124 e. The molecule has 0 aromatic carbocycles. The molecule has 0 heterocycles. The Bertz CT molecular complexity index is 144. The lowest BCUT2D eigenvalue weighted by molar-refractivity contribution is 0.421. The van der Waals surface area contributed by atoms with Gasteiger partial charge in [0.15, 0.2) is 0 Å². The van der Waals surface area contributed by atoms with E-state index in [1.807, 2.05) is 6.08 Å². The summed E-state index contributed by atoms with van der Waals surface area (Å²) in [7, 11) is 0. The van der Waals surface area contributed by atoms with E-state index in [1.165, 1.54) is 25.7 Å². The molecule has 2 rings (SSSR count). The second-order valence-electron chi connectivity index (χ2n) is 4.23. The molecule has 1 N–H and O–H groups in total. The lowest BCUT2D eigenvalue weighted by Crippen LogP contribution is -2.33. The van der Waals surface area contributed by atoms with E-state index in [2.05, 4.69) is 11.9 Å². The SMILES string of the molecule is C=CCCNC(C1CC1)C1CC1. The van der Waals surface area contributed by atoms with Crippen molar-refractivity contribution >= 4 is 0 Å². The third-order valence-corrected chi connectivity index (χ3v) is 2.99. The number of nitrogens with one attached hydrogen (secondary N) is 1. The first-order valence-electron chi connectivity index (χ1n) is 5.26. The highest BCUT2D eigenvalue weighted by Gasteiger charge is 2.40. The number of hydrogen-bond acceptors (Lipinski definition) is 1. The summed E-state index contributed by atoms with van der Waals surface area (Å²) >= 11 is 0. The molecule has 0 saturated heterocycles. The lowest BCUT2D eigenvalue weighted by Gasteiger charge is -2.16. The molecule has 2 aliphatic rings. The molecule has 0 aromatic rings. The molecule has 0 atom stereocenters. The molecule has 0 amide bonds. The van der Waals surface area contributed by atoms with Crippen LogP contribution in [0.4, 0.5) is 0 Å². The molecule has 1 heteroatoms. The van der Waals surface area contributed by atoms with Gasteiger partial charge in [-0.1, -0.05) is 6.08 Å². The first-order valence-corrected chi connectivity index (χ1v) is 5.26. The zero-order valence-corrected chi connectivity index (χ0v) is 7.76. The van der Waals surface area contributed by atoms with Crippen molar-refractivity contribution in [3.8, 4) is 0 Å². The van der Waals surface area contributed by atoms with Gasteiger partial charge < -0.3 is 5.32 Å². The molecule has 0 aliphatic heterocycles. The van der Waals surface area contributed by atoms with Gasteiger partial charge in [0.25, 0.3) is 0 Å². The van der Waals surface area contributed by atoms with Crippen LogP contribution in [0.2, 0.25) is 0 Å². The lowest BCUT2D eigenvalue weighted by atomic mass is 10.1. The van der Waals surface area contributed by atoms with E-state index in [4.69, 9.17) is 0 Å². The van der Waals surface area contributed by atoms with Crippen molar-refractivity contribution in [1.82, 2.24) is 5.32 Å². The highest BCUT2D eigenvalue weighted by atomic mass is 14.9. The summed E-state index contributed by atoms with van der Waals surface area (Å²) in [6.07, 6.45) is 9.02. The summed E-state index contributed by atoms with van der Waals surface area (Å²) in [5, 5.41) is 3.67. The minimum Gasteiger partial charge on any atom is -0.313 e. The van der Waals surface area contributed by atoms with Gasteiger partial charge in [-0.2, -0.15) is 0 Å². The van der Waals surface area contributed by atoms with E-state index in [0.29, 0.717) is 0 Å². The van der Waals surface area contributed by atoms with Crippen LogP contribution in [0.1, 0.15) is 32.1 Å². The normalized spacial score (nSPS) is 23.1. The number of hydrogen-bond donors (Lipinski definition) is 1. The van der Waals surface area contributed by atoms with Crippen molar-refractivity contribution in [2.24, 2.45) is 11.8 Å². The Morgan fingerprint density at radius 1 is 1.25 bits per heavy atom. The summed E-state index contributed by atoms with van der Waals surface area (Å²) < 4.78 is 0. The van der Waals surface area contributed by atoms with Gasteiger partial charge in [0.05, 0.1) is 0 Å². The van der Waals surface area contributed by atoms with E-state index in [9.17, 15) is 0 Å². The summed E-state index contributed by atoms with van der Waals surface area (Å²) in [5.41, 5.74) is 0. The first kappa shape index (κ1) is 8.31. The third-order valence-electron chi connectivity index (χ3n) is 2.99. The van der Waals surface area contributed by atoms with E-state index < -0.39 is 0 Å². The fourth-order valence-electron chi connectivity index (χ4n) is 1.98. The van der Waals surface area contributed by atoms with Gasteiger partial charge in [0.2, 0.25) is 0 Å². The molecule has 2 saturated carbocycles. The maximum atomic E-state index is 3.74. The van der Waals surface area contributed by atoms with Crippen molar-refractivity contribution in [3.05, 3.63) is 12.7 Å². The zero-order valence-electron chi connectivity index (χ0n) is 7.76. The van der Waals surface area contributed by atoms with Crippen molar-refractivity contribution in [2.45, 2.75) is 38.1 Å². The highest BCUT2D eigenvalue weighted by molar-refractivity contribution is 4.96. The van der Waals surface area contributed by atoms with Crippen LogP contribution in [-0.4, -0.2) is 12.6 Å². The Morgan fingerprint density at radius 2 is 1.83 bits per heavy atom. The molecule has 0 spiro atoms. The van der Waals surface area contributed by atoms with E-state index in [0.717, 1.165) is 30.8 Å². The molecular weight excluding hydrogens is 146 g/mol. The Morgan fingerprint density at radius 3 is 2.25 bits per heavy atom. The van der Waals surface area contributed by atoms with Crippen LogP contribution in [0.5, 0.6) is 0 Å². The van der Waals surface area contributed by atoms with Crippen molar-refractivity contribution in [2.75, 3.05) is 6.54 Å². The number of rotatable bonds is 6. The molecular formula is C11H19N. The molecule has 12 heavy (non-hydrogen) atoms. The monoisotopic (exact) mass is 165 g/mol. The van der Waals surface area contributed by atoms with Crippen LogP contribution in [-0.2, 0) is 0 Å². The summed E-state index contributed by atoms with van der Waals surface area (Å²) in [6, 6.07) is 0.866. The standard InChI is InChI=1S/C11H19N/c1-2-3-8-12-11(9-4-5-9)10-6-7-10/h2,9-12H,1,3-8H2. The van der Waals surface area contributed by atoms with E-state index in [-0.39, 0.29) is 0 Å². The van der Waals surface area contributed by atoms with Crippen molar-refractivity contribution in [1.29, 1.82) is 0 Å². The Kier molecular flexibility index (Phi) is 2.50. The second kappa shape index (κ2) is 3.61. The minimum atomic E-state index is 0.866. The average Bonchev–Trinajstić information content (AvgIpc) is 2.87. The third kappa shape index (κ3) is 2.10. The molecule has 0 bridgehead atoms. The van der Waals surface area contributed by atoms with Crippen molar-refractivity contribution < 1.29 is 0 Å². The fourth-order valence-corrected chi connectivity index (χ4v) is 1.98. The fraction of sp³-hybridized carbons (Fsp3) is 0.818. The molecule has 1 nitrogen and oxygen atoms in total. The van der Waals surface area contributed by atoms with Crippen LogP contribution < -0.4 is 5.32 Å². The Balaban J connectivity index is 1.69. The van der Waals surface area contributed by atoms with E-state index >= 15 is 0 Å². The van der Waals surface area contributed by atoms with Gasteiger partial charge in [-0.15, -0.1) is 6.58 Å². The zero-order chi connectivity index (χ0) is 8.39. The van der Waals surface area contributed by atoms with Gasteiger partial charge >= 0.3 is 0 Å². The summed E-state index contributed by atoms with van der Waals surface area (Å²) in [5.74, 6) is 2.06. The van der Waals surface area contributed by atoms with Crippen LogP contribution in [0.3, 0.4) is 0 Å².